The Morgan fingerprint density at radius 3 is 2.75 bits per heavy atom. The van der Waals surface area contributed by atoms with Crippen LogP contribution in [0, 0.1) is 19.8 Å². The Balaban J connectivity index is 1.43. The Labute approximate surface area is 142 Å². The van der Waals surface area contributed by atoms with Crippen molar-refractivity contribution in [3.05, 3.63) is 17.5 Å². The summed E-state index contributed by atoms with van der Waals surface area (Å²) in [7, 11) is 0. The highest BCUT2D eigenvalue weighted by Crippen LogP contribution is 2.34. The van der Waals surface area contributed by atoms with Crippen LogP contribution >= 0.6 is 0 Å². The van der Waals surface area contributed by atoms with Gasteiger partial charge in [0.1, 0.15) is 0 Å². The van der Waals surface area contributed by atoms with E-state index in [-0.39, 0.29) is 23.8 Å². The minimum atomic E-state index is -0.140. The van der Waals surface area contributed by atoms with Crippen molar-refractivity contribution in [1.29, 1.82) is 0 Å². The van der Waals surface area contributed by atoms with Gasteiger partial charge >= 0.3 is 0 Å². The molecule has 0 spiro atoms. The van der Waals surface area contributed by atoms with Crippen LogP contribution in [0.15, 0.2) is 6.07 Å². The maximum atomic E-state index is 13.0. The number of amides is 2. The van der Waals surface area contributed by atoms with Gasteiger partial charge in [0.25, 0.3) is 0 Å². The van der Waals surface area contributed by atoms with E-state index in [4.69, 9.17) is 0 Å². The Hall–Kier alpha value is -1.85. The Morgan fingerprint density at radius 1 is 1.29 bits per heavy atom. The molecule has 1 aromatic heterocycles. The zero-order valence-corrected chi connectivity index (χ0v) is 14.6. The van der Waals surface area contributed by atoms with E-state index in [1.54, 1.807) is 0 Å². The van der Waals surface area contributed by atoms with Gasteiger partial charge in [-0.1, -0.05) is 0 Å². The first-order valence-corrected chi connectivity index (χ1v) is 9.14. The minimum Gasteiger partial charge on any atom is -0.339 e. The fraction of sp³-hybridized carbons (Fsp3) is 0.722. The number of rotatable bonds is 4. The molecule has 3 heterocycles. The Kier molecular flexibility index (Phi) is 3.85. The van der Waals surface area contributed by atoms with E-state index in [0.717, 1.165) is 50.2 Å². The summed E-state index contributed by atoms with van der Waals surface area (Å²) in [5, 5.41) is 4.54. The van der Waals surface area contributed by atoms with Crippen LogP contribution in [0.5, 0.6) is 0 Å². The second-order valence-electron chi connectivity index (χ2n) is 7.62. The molecule has 0 aromatic carbocycles. The monoisotopic (exact) mass is 330 g/mol. The predicted molar refractivity (Wildman–Crippen MR) is 89.3 cm³/mol. The quantitative estimate of drug-likeness (QED) is 0.841. The van der Waals surface area contributed by atoms with Gasteiger partial charge in [-0.2, -0.15) is 5.10 Å². The summed E-state index contributed by atoms with van der Waals surface area (Å²) in [4.78, 5) is 29.1. The van der Waals surface area contributed by atoms with Crippen molar-refractivity contribution in [3.63, 3.8) is 0 Å². The number of aryl methyl sites for hydroxylation is 2. The van der Waals surface area contributed by atoms with E-state index < -0.39 is 0 Å². The van der Waals surface area contributed by atoms with E-state index in [2.05, 4.69) is 18.1 Å². The number of aromatic nitrogens is 2. The van der Waals surface area contributed by atoms with Gasteiger partial charge in [0.15, 0.2) is 0 Å². The summed E-state index contributed by atoms with van der Waals surface area (Å²) in [6, 6.07) is 2.70. The van der Waals surface area contributed by atoms with Crippen LogP contribution in [-0.2, 0) is 16.1 Å². The van der Waals surface area contributed by atoms with Crippen LogP contribution < -0.4 is 0 Å². The minimum absolute atomic E-state index is 0.140. The first kappa shape index (κ1) is 15.7. The van der Waals surface area contributed by atoms with Gasteiger partial charge in [0.05, 0.1) is 24.2 Å². The topological polar surface area (TPSA) is 58.4 Å². The lowest BCUT2D eigenvalue weighted by Gasteiger charge is -2.27. The molecule has 6 heteroatoms. The van der Waals surface area contributed by atoms with E-state index >= 15 is 0 Å². The normalized spacial score (nSPS) is 27.3. The van der Waals surface area contributed by atoms with Crippen molar-refractivity contribution < 1.29 is 9.59 Å². The van der Waals surface area contributed by atoms with Gasteiger partial charge in [0, 0.05) is 31.2 Å². The molecule has 4 rings (SSSR count). The third-order valence-electron chi connectivity index (χ3n) is 5.64. The van der Waals surface area contributed by atoms with E-state index in [0.29, 0.717) is 19.0 Å². The smallest absolute Gasteiger partial charge is 0.228 e. The molecule has 2 saturated heterocycles. The average Bonchev–Trinajstić information content (AvgIpc) is 3.01. The molecule has 2 aliphatic heterocycles. The van der Waals surface area contributed by atoms with E-state index in [1.165, 1.54) is 0 Å². The van der Waals surface area contributed by atoms with Gasteiger partial charge in [-0.05, 0) is 45.6 Å². The molecule has 130 valence electrons. The molecule has 24 heavy (non-hydrogen) atoms. The van der Waals surface area contributed by atoms with Gasteiger partial charge in [-0.25, -0.2) is 0 Å². The molecule has 3 fully saturated rings. The lowest BCUT2D eigenvalue weighted by molar-refractivity contribution is -0.136. The largest absolute Gasteiger partial charge is 0.339 e. The molecule has 3 aliphatic rings. The van der Waals surface area contributed by atoms with Crippen molar-refractivity contribution in [2.24, 2.45) is 5.92 Å². The lowest BCUT2D eigenvalue weighted by atomic mass is 10.1. The SMILES string of the molecule is Cc1cc(C)n(C[C@H]2CCCN2C(=O)[C@H]2CC(=O)N(C3CC3)C2)n1. The van der Waals surface area contributed by atoms with Gasteiger partial charge in [0.2, 0.25) is 11.8 Å². The summed E-state index contributed by atoms with van der Waals surface area (Å²) < 4.78 is 2.02. The van der Waals surface area contributed by atoms with Crippen molar-refractivity contribution in [3.8, 4) is 0 Å². The van der Waals surface area contributed by atoms with Crippen LogP contribution in [-0.4, -0.2) is 56.6 Å². The average molecular weight is 330 g/mol. The summed E-state index contributed by atoms with van der Waals surface area (Å²) in [6.45, 7) is 6.27. The highest BCUT2D eigenvalue weighted by molar-refractivity contribution is 5.89. The maximum Gasteiger partial charge on any atom is 0.228 e. The first-order valence-electron chi connectivity index (χ1n) is 9.14. The fourth-order valence-electron chi connectivity index (χ4n) is 4.25. The third-order valence-corrected chi connectivity index (χ3v) is 5.64. The third kappa shape index (κ3) is 2.82. The van der Waals surface area contributed by atoms with E-state index in [9.17, 15) is 9.59 Å². The summed E-state index contributed by atoms with van der Waals surface area (Å²) >= 11 is 0. The van der Waals surface area contributed by atoms with Crippen molar-refractivity contribution in [2.45, 2.75) is 64.6 Å². The molecule has 1 saturated carbocycles. The van der Waals surface area contributed by atoms with Crippen LogP contribution in [0.3, 0.4) is 0 Å². The maximum absolute atomic E-state index is 13.0. The Bertz CT molecular complexity index is 664. The summed E-state index contributed by atoms with van der Waals surface area (Å²) in [6.07, 6.45) is 4.69. The number of hydrogen-bond donors (Lipinski definition) is 0. The highest BCUT2D eigenvalue weighted by Gasteiger charge is 2.44. The van der Waals surface area contributed by atoms with Crippen molar-refractivity contribution in [1.82, 2.24) is 19.6 Å². The molecular weight excluding hydrogens is 304 g/mol. The molecule has 0 unspecified atom stereocenters. The molecule has 0 N–H and O–H groups in total. The van der Waals surface area contributed by atoms with Gasteiger partial charge in [-0.15, -0.1) is 0 Å². The molecular formula is C18H26N4O2. The molecule has 0 bridgehead atoms. The van der Waals surface area contributed by atoms with Crippen LogP contribution in [0.25, 0.3) is 0 Å². The standard InChI is InChI=1S/C18H26N4O2/c1-12-8-13(2)22(19-12)11-16-4-3-7-20(16)18(24)14-9-17(23)21(10-14)15-5-6-15/h8,14-16H,3-7,9-11H2,1-2H3/t14-,16+/m0/s1. The van der Waals surface area contributed by atoms with Crippen LogP contribution in [0.4, 0.5) is 0 Å². The Morgan fingerprint density at radius 2 is 2.08 bits per heavy atom. The van der Waals surface area contributed by atoms with Gasteiger partial charge in [-0.3, -0.25) is 14.3 Å². The molecule has 6 nitrogen and oxygen atoms in total. The lowest BCUT2D eigenvalue weighted by Crippen LogP contribution is -2.42. The van der Waals surface area contributed by atoms with Gasteiger partial charge < -0.3 is 9.80 Å². The number of nitrogens with zero attached hydrogens (tertiary/aromatic N) is 4. The summed E-state index contributed by atoms with van der Waals surface area (Å²) in [5.41, 5.74) is 2.16. The molecule has 2 amide bonds. The first-order chi connectivity index (χ1) is 11.5. The van der Waals surface area contributed by atoms with Crippen LogP contribution in [0.1, 0.15) is 43.5 Å². The zero-order chi connectivity index (χ0) is 16.8. The molecule has 1 aliphatic carbocycles. The fourth-order valence-corrected chi connectivity index (χ4v) is 4.25. The van der Waals surface area contributed by atoms with Crippen molar-refractivity contribution in [2.75, 3.05) is 13.1 Å². The zero-order valence-electron chi connectivity index (χ0n) is 14.6. The summed E-state index contributed by atoms with van der Waals surface area (Å²) in [5.74, 6) is 0.208. The van der Waals surface area contributed by atoms with Crippen molar-refractivity contribution >= 4 is 11.8 Å². The number of likely N-dealkylation sites (tertiary alicyclic amines) is 2. The second kappa shape index (κ2) is 5.90. The molecule has 2 atom stereocenters. The molecule has 1 aromatic rings. The van der Waals surface area contributed by atoms with Crippen LogP contribution in [0.2, 0.25) is 0 Å². The van der Waals surface area contributed by atoms with E-state index in [1.807, 2.05) is 21.4 Å². The highest BCUT2D eigenvalue weighted by atomic mass is 16.2. The number of hydrogen-bond acceptors (Lipinski definition) is 3. The molecule has 0 radical (unpaired) electrons. The second-order valence-corrected chi connectivity index (χ2v) is 7.62. The predicted octanol–water partition coefficient (Wildman–Crippen LogP) is 1.50. The number of carbonyl (C=O) groups excluding carboxylic acids is 2. The number of carbonyl (C=O) groups is 2.